The molecule has 1 heterocycles. The van der Waals surface area contributed by atoms with Gasteiger partial charge in [-0.05, 0) is 12.5 Å². The predicted molar refractivity (Wildman–Crippen MR) is 40.9 cm³/mol. The first-order chi connectivity index (χ1) is 5.15. The normalized spacial score (nSPS) is 9.09. The minimum Gasteiger partial charge on any atom is -0.384 e. The second kappa shape index (κ2) is 2.46. The van der Waals surface area contributed by atoms with Gasteiger partial charge < -0.3 is 10.7 Å². The van der Waals surface area contributed by atoms with Crippen molar-refractivity contribution in [2.24, 2.45) is 0 Å². The molecule has 0 atom stereocenters. The van der Waals surface area contributed by atoms with E-state index in [9.17, 15) is 4.79 Å². The Morgan fingerprint density at radius 1 is 1.73 bits per heavy atom. The Labute approximate surface area is 63.3 Å². The third-order valence-corrected chi connectivity index (χ3v) is 1.38. The number of aromatic amines is 1. The Bertz CT molecular complexity index is 346. The SMILES string of the molecule is Cc1cc(=O)[nH]c(N)c1C#N. The van der Waals surface area contributed by atoms with E-state index in [4.69, 9.17) is 11.0 Å². The number of anilines is 1. The minimum absolute atomic E-state index is 0.137. The van der Waals surface area contributed by atoms with Gasteiger partial charge in [0.2, 0.25) is 5.56 Å². The number of H-pyrrole nitrogens is 1. The summed E-state index contributed by atoms with van der Waals surface area (Å²) in [7, 11) is 0. The van der Waals surface area contributed by atoms with Gasteiger partial charge in [-0.3, -0.25) is 4.79 Å². The van der Waals surface area contributed by atoms with E-state index in [1.165, 1.54) is 6.07 Å². The van der Waals surface area contributed by atoms with Crippen LogP contribution in [0.4, 0.5) is 5.82 Å². The van der Waals surface area contributed by atoms with E-state index < -0.39 is 0 Å². The van der Waals surface area contributed by atoms with E-state index in [1.807, 2.05) is 6.07 Å². The minimum atomic E-state index is -0.279. The molecule has 11 heavy (non-hydrogen) atoms. The Morgan fingerprint density at radius 3 is 2.82 bits per heavy atom. The third-order valence-electron chi connectivity index (χ3n) is 1.38. The van der Waals surface area contributed by atoms with Crippen molar-refractivity contribution in [2.45, 2.75) is 6.92 Å². The quantitative estimate of drug-likeness (QED) is 0.550. The van der Waals surface area contributed by atoms with E-state index >= 15 is 0 Å². The van der Waals surface area contributed by atoms with Gasteiger partial charge in [0, 0.05) is 6.07 Å². The molecule has 4 heteroatoms. The first-order valence-electron chi connectivity index (χ1n) is 3.04. The van der Waals surface area contributed by atoms with Crippen molar-refractivity contribution >= 4 is 5.82 Å². The van der Waals surface area contributed by atoms with Crippen LogP contribution in [0, 0.1) is 18.3 Å². The van der Waals surface area contributed by atoms with Crippen LogP contribution in [0.3, 0.4) is 0 Å². The highest BCUT2D eigenvalue weighted by Gasteiger charge is 2.02. The van der Waals surface area contributed by atoms with Crippen LogP contribution in [0.25, 0.3) is 0 Å². The van der Waals surface area contributed by atoms with Crippen molar-refractivity contribution in [1.82, 2.24) is 4.98 Å². The molecule has 0 radical (unpaired) electrons. The molecule has 0 amide bonds. The molecular formula is C7H7N3O. The molecule has 0 bridgehead atoms. The zero-order valence-electron chi connectivity index (χ0n) is 6.01. The molecule has 0 saturated carbocycles. The summed E-state index contributed by atoms with van der Waals surface area (Å²) in [5, 5.41) is 8.54. The summed E-state index contributed by atoms with van der Waals surface area (Å²) in [6.07, 6.45) is 0. The maximum absolute atomic E-state index is 10.7. The number of nitrogens with one attached hydrogen (secondary N) is 1. The molecule has 4 nitrogen and oxygen atoms in total. The molecule has 56 valence electrons. The van der Waals surface area contributed by atoms with E-state index in [1.54, 1.807) is 6.92 Å². The Hall–Kier alpha value is -1.76. The molecular weight excluding hydrogens is 142 g/mol. The van der Waals surface area contributed by atoms with Crippen LogP contribution in [0.2, 0.25) is 0 Å². The summed E-state index contributed by atoms with van der Waals surface area (Å²) in [5.41, 5.74) is 6.02. The number of nitrogen functional groups attached to an aromatic ring is 1. The van der Waals surface area contributed by atoms with Crippen molar-refractivity contribution in [3.05, 3.63) is 27.5 Å². The molecule has 0 aliphatic rings. The average Bonchev–Trinajstić information content (AvgIpc) is 1.85. The van der Waals surface area contributed by atoms with Crippen molar-refractivity contribution in [1.29, 1.82) is 5.26 Å². The molecule has 3 N–H and O–H groups in total. The average molecular weight is 149 g/mol. The van der Waals surface area contributed by atoms with Gasteiger partial charge in [0.05, 0.1) is 5.56 Å². The summed E-state index contributed by atoms with van der Waals surface area (Å²) >= 11 is 0. The molecule has 0 unspecified atom stereocenters. The third kappa shape index (κ3) is 1.22. The van der Waals surface area contributed by atoms with Gasteiger partial charge in [0.1, 0.15) is 11.9 Å². The van der Waals surface area contributed by atoms with E-state index in [-0.39, 0.29) is 11.4 Å². The Kier molecular flexibility index (Phi) is 1.65. The fourth-order valence-corrected chi connectivity index (χ4v) is 0.861. The van der Waals surface area contributed by atoms with Crippen LogP contribution in [-0.4, -0.2) is 4.98 Å². The molecule has 0 spiro atoms. The van der Waals surface area contributed by atoms with Gasteiger partial charge in [0.25, 0.3) is 0 Å². The second-order valence-corrected chi connectivity index (χ2v) is 2.22. The first-order valence-corrected chi connectivity index (χ1v) is 3.04. The summed E-state index contributed by atoms with van der Waals surface area (Å²) in [6, 6.07) is 3.24. The van der Waals surface area contributed by atoms with Crippen molar-refractivity contribution < 1.29 is 0 Å². The molecule has 0 fully saturated rings. The van der Waals surface area contributed by atoms with E-state index in [2.05, 4.69) is 4.98 Å². The molecule has 1 aromatic rings. The van der Waals surface area contributed by atoms with Gasteiger partial charge >= 0.3 is 0 Å². The zero-order chi connectivity index (χ0) is 8.43. The number of rotatable bonds is 0. The van der Waals surface area contributed by atoms with E-state index in [0.717, 1.165) is 0 Å². The lowest BCUT2D eigenvalue weighted by Gasteiger charge is -1.98. The fraction of sp³-hybridized carbons (Fsp3) is 0.143. The summed E-state index contributed by atoms with van der Waals surface area (Å²) in [6.45, 7) is 1.67. The number of nitrogens with two attached hydrogens (primary N) is 1. The molecule has 0 aliphatic heterocycles. The number of nitrogens with zero attached hydrogens (tertiary/aromatic N) is 1. The monoisotopic (exact) mass is 149 g/mol. The summed E-state index contributed by atoms with van der Waals surface area (Å²) < 4.78 is 0. The second-order valence-electron chi connectivity index (χ2n) is 2.22. The first kappa shape index (κ1) is 7.35. The fourth-order valence-electron chi connectivity index (χ4n) is 0.861. The maximum Gasteiger partial charge on any atom is 0.249 e. The lowest BCUT2D eigenvalue weighted by atomic mass is 10.1. The van der Waals surface area contributed by atoms with Gasteiger partial charge in [0.15, 0.2) is 0 Å². The number of nitriles is 1. The number of pyridine rings is 1. The lowest BCUT2D eigenvalue weighted by Crippen LogP contribution is -2.10. The van der Waals surface area contributed by atoms with Crippen molar-refractivity contribution in [3.8, 4) is 6.07 Å². The van der Waals surface area contributed by atoms with Crippen LogP contribution in [-0.2, 0) is 0 Å². The number of hydrogen-bond donors (Lipinski definition) is 2. The van der Waals surface area contributed by atoms with Crippen LogP contribution in [0.15, 0.2) is 10.9 Å². The predicted octanol–water partition coefficient (Wildman–Crippen LogP) is 0.137. The topological polar surface area (TPSA) is 82.7 Å². The molecule has 1 rings (SSSR count). The maximum atomic E-state index is 10.7. The highest BCUT2D eigenvalue weighted by Crippen LogP contribution is 2.08. The van der Waals surface area contributed by atoms with Crippen LogP contribution in [0.1, 0.15) is 11.1 Å². The van der Waals surface area contributed by atoms with Gasteiger partial charge in [-0.15, -0.1) is 0 Å². The van der Waals surface area contributed by atoms with Crippen molar-refractivity contribution in [3.63, 3.8) is 0 Å². The number of aryl methyl sites for hydroxylation is 1. The molecule has 1 aromatic heterocycles. The summed E-state index contributed by atoms with van der Waals surface area (Å²) in [5.74, 6) is 0.137. The zero-order valence-corrected chi connectivity index (χ0v) is 6.01. The van der Waals surface area contributed by atoms with Crippen LogP contribution in [0.5, 0.6) is 0 Å². The lowest BCUT2D eigenvalue weighted by molar-refractivity contribution is 1.20. The highest BCUT2D eigenvalue weighted by molar-refractivity contribution is 5.51. The number of aromatic nitrogens is 1. The molecule has 0 saturated heterocycles. The van der Waals surface area contributed by atoms with E-state index in [0.29, 0.717) is 11.1 Å². The van der Waals surface area contributed by atoms with Crippen LogP contribution < -0.4 is 11.3 Å². The van der Waals surface area contributed by atoms with Gasteiger partial charge in [-0.25, -0.2) is 0 Å². The molecule has 0 aliphatic carbocycles. The Balaban J connectivity index is 3.52. The van der Waals surface area contributed by atoms with Crippen LogP contribution >= 0.6 is 0 Å². The Morgan fingerprint density at radius 2 is 2.36 bits per heavy atom. The summed E-state index contributed by atoms with van der Waals surface area (Å²) in [4.78, 5) is 13.1. The largest absolute Gasteiger partial charge is 0.384 e. The van der Waals surface area contributed by atoms with Crippen molar-refractivity contribution in [2.75, 3.05) is 5.73 Å². The standard InChI is InChI=1S/C7H7N3O/c1-4-2-6(11)10-7(9)5(4)3-8/h2H,1H3,(H3,9,10,11). The number of hydrogen-bond acceptors (Lipinski definition) is 3. The van der Waals surface area contributed by atoms with Gasteiger partial charge in [-0.2, -0.15) is 5.26 Å². The van der Waals surface area contributed by atoms with Gasteiger partial charge in [-0.1, -0.05) is 0 Å². The molecule has 0 aromatic carbocycles. The highest BCUT2D eigenvalue weighted by atomic mass is 16.1. The smallest absolute Gasteiger partial charge is 0.249 e.